The molecule has 1 atom stereocenters. The van der Waals surface area contributed by atoms with E-state index < -0.39 is 23.1 Å². The van der Waals surface area contributed by atoms with Crippen LogP contribution in [0.15, 0.2) is 18.2 Å². The summed E-state index contributed by atoms with van der Waals surface area (Å²) in [5, 5.41) is 5.78. The first kappa shape index (κ1) is 16.5. The van der Waals surface area contributed by atoms with Crippen LogP contribution in [0.5, 0.6) is 0 Å². The van der Waals surface area contributed by atoms with E-state index in [1.165, 1.54) is 0 Å². The summed E-state index contributed by atoms with van der Waals surface area (Å²) in [7, 11) is 0. The number of nitrogens with zero attached hydrogens (tertiary/aromatic N) is 2. The molecule has 2 N–H and O–H groups in total. The van der Waals surface area contributed by atoms with Crippen molar-refractivity contribution in [2.24, 2.45) is 0 Å². The topological polar surface area (TPSA) is 49.8 Å². The molecule has 3 rings (SSSR count). The monoisotopic (exact) mass is 336 g/mol. The Hall–Kier alpha value is -2.31. The van der Waals surface area contributed by atoms with E-state index in [-0.39, 0.29) is 11.9 Å². The van der Waals surface area contributed by atoms with Gasteiger partial charge in [-0.2, -0.15) is 4.98 Å². The van der Waals surface area contributed by atoms with Crippen molar-refractivity contribution in [2.45, 2.75) is 45.1 Å². The summed E-state index contributed by atoms with van der Waals surface area (Å²) in [5.41, 5.74) is 0.410. The Morgan fingerprint density at radius 1 is 1.12 bits per heavy atom. The predicted molar refractivity (Wildman–Crippen MR) is 87.0 cm³/mol. The van der Waals surface area contributed by atoms with Gasteiger partial charge in [0.15, 0.2) is 11.6 Å². The maximum absolute atomic E-state index is 13.8. The van der Waals surface area contributed by atoms with E-state index in [1.54, 1.807) is 6.07 Å². The second-order valence-electron chi connectivity index (χ2n) is 6.10. The zero-order chi connectivity index (χ0) is 17.3. The highest BCUT2D eigenvalue weighted by atomic mass is 19.1. The van der Waals surface area contributed by atoms with Crippen LogP contribution in [0.3, 0.4) is 0 Å². The fourth-order valence-electron chi connectivity index (χ4n) is 2.29. The van der Waals surface area contributed by atoms with E-state index >= 15 is 0 Å². The highest BCUT2D eigenvalue weighted by Gasteiger charge is 2.26. The summed E-state index contributed by atoms with van der Waals surface area (Å²) < 4.78 is 40.7. The van der Waals surface area contributed by atoms with E-state index in [0.29, 0.717) is 24.0 Å². The molecule has 1 fully saturated rings. The number of benzene rings is 1. The van der Waals surface area contributed by atoms with Gasteiger partial charge in [-0.3, -0.25) is 0 Å². The smallest absolute Gasteiger partial charge is 0.225 e. The first-order valence-electron chi connectivity index (χ1n) is 8.03. The van der Waals surface area contributed by atoms with Gasteiger partial charge in [0.25, 0.3) is 0 Å². The van der Waals surface area contributed by atoms with Crippen LogP contribution in [0.1, 0.15) is 44.7 Å². The van der Waals surface area contributed by atoms with Crippen molar-refractivity contribution in [1.82, 2.24) is 9.97 Å². The highest BCUT2D eigenvalue weighted by molar-refractivity contribution is 5.59. The average Bonchev–Trinajstić information content (AvgIpc) is 3.35. The van der Waals surface area contributed by atoms with Crippen molar-refractivity contribution >= 4 is 17.5 Å². The number of anilines is 3. The summed E-state index contributed by atoms with van der Waals surface area (Å²) in [6, 6.07) is 3.12. The number of nitrogens with one attached hydrogen (secondary N) is 2. The van der Waals surface area contributed by atoms with E-state index in [2.05, 4.69) is 20.6 Å². The molecule has 1 aliphatic rings. The molecule has 1 aliphatic carbocycles. The Bertz CT molecular complexity index is 724. The molecule has 24 heavy (non-hydrogen) atoms. The summed E-state index contributed by atoms with van der Waals surface area (Å²) in [6.07, 6.45) is 2.97. The second kappa shape index (κ2) is 6.67. The van der Waals surface area contributed by atoms with Crippen LogP contribution in [0.25, 0.3) is 0 Å². The number of rotatable bonds is 6. The molecule has 128 valence electrons. The Morgan fingerprint density at radius 2 is 1.79 bits per heavy atom. The maximum atomic E-state index is 13.8. The fraction of sp³-hybridized carbons (Fsp3) is 0.412. The minimum Gasteiger partial charge on any atom is -0.352 e. The highest BCUT2D eigenvalue weighted by Crippen LogP contribution is 2.40. The Balaban J connectivity index is 1.92. The standard InChI is InChI=1S/C17H19F3N4/c1-3-9(2)21-17-22-14(10-4-5-10)8-15(24-17)23-16-12(19)6-11(18)7-13(16)20/h6-10H,3-5H2,1-2H3,(H2,21,22,23,24)/t9-/m1/s1. The largest absolute Gasteiger partial charge is 0.352 e. The van der Waals surface area contributed by atoms with Crippen molar-refractivity contribution in [2.75, 3.05) is 10.6 Å². The van der Waals surface area contributed by atoms with Gasteiger partial charge in [-0.15, -0.1) is 0 Å². The molecular weight excluding hydrogens is 317 g/mol. The van der Waals surface area contributed by atoms with Crippen molar-refractivity contribution in [3.63, 3.8) is 0 Å². The SMILES string of the molecule is CC[C@@H](C)Nc1nc(Nc2c(F)cc(F)cc2F)cc(C2CC2)n1. The number of hydrogen-bond acceptors (Lipinski definition) is 4. The predicted octanol–water partition coefficient (Wildman–Crippen LogP) is 4.73. The van der Waals surface area contributed by atoms with Crippen LogP contribution < -0.4 is 10.6 Å². The Labute approximate surface area is 138 Å². The van der Waals surface area contributed by atoms with Gasteiger partial charge in [-0.25, -0.2) is 18.2 Å². The zero-order valence-corrected chi connectivity index (χ0v) is 13.5. The van der Waals surface area contributed by atoms with Crippen LogP contribution in [0.2, 0.25) is 0 Å². The summed E-state index contributed by atoms with van der Waals surface area (Å²) >= 11 is 0. The molecule has 1 heterocycles. The van der Waals surface area contributed by atoms with Gasteiger partial charge in [0.2, 0.25) is 5.95 Å². The average molecular weight is 336 g/mol. The lowest BCUT2D eigenvalue weighted by atomic mass is 10.2. The number of halogens is 3. The lowest BCUT2D eigenvalue weighted by molar-refractivity contribution is 0.548. The van der Waals surface area contributed by atoms with Gasteiger partial charge in [-0.05, 0) is 26.2 Å². The maximum Gasteiger partial charge on any atom is 0.225 e. The molecule has 0 spiro atoms. The summed E-state index contributed by atoms with van der Waals surface area (Å²) in [6.45, 7) is 4.03. The van der Waals surface area contributed by atoms with Gasteiger partial charge < -0.3 is 10.6 Å². The summed E-state index contributed by atoms with van der Waals surface area (Å²) in [4.78, 5) is 8.75. The first-order chi connectivity index (χ1) is 11.5. The molecule has 0 amide bonds. The molecule has 0 aliphatic heterocycles. The third-order valence-corrected chi connectivity index (χ3v) is 3.99. The van der Waals surface area contributed by atoms with Gasteiger partial charge in [0.05, 0.1) is 5.69 Å². The molecule has 0 radical (unpaired) electrons. The van der Waals surface area contributed by atoms with Crippen molar-refractivity contribution in [1.29, 1.82) is 0 Å². The molecule has 1 aromatic carbocycles. The lowest BCUT2D eigenvalue weighted by Gasteiger charge is -2.15. The molecule has 0 saturated heterocycles. The van der Waals surface area contributed by atoms with Gasteiger partial charge >= 0.3 is 0 Å². The quantitative estimate of drug-likeness (QED) is 0.801. The normalized spacial score (nSPS) is 15.2. The second-order valence-corrected chi connectivity index (χ2v) is 6.10. The van der Waals surface area contributed by atoms with Crippen molar-refractivity contribution < 1.29 is 13.2 Å². The first-order valence-corrected chi connectivity index (χ1v) is 8.03. The molecule has 0 bridgehead atoms. The molecule has 2 aromatic rings. The lowest BCUT2D eigenvalue weighted by Crippen LogP contribution is -2.16. The van der Waals surface area contributed by atoms with Crippen molar-refractivity contribution in [3.8, 4) is 0 Å². The van der Waals surface area contributed by atoms with E-state index in [4.69, 9.17) is 0 Å². The third-order valence-electron chi connectivity index (χ3n) is 3.99. The molecule has 4 nitrogen and oxygen atoms in total. The Morgan fingerprint density at radius 3 is 2.38 bits per heavy atom. The molecule has 1 aromatic heterocycles. The molecule has 7 heteroatoms. The fourth-order valence-corrected chi connectivity index (χ4v) is 2.29. The third kappa shape index (κ3) is 3.77. The molecule has 1 saturated carbocycles. The minimum atomic E-state index is -1.00. The van der Waals surface area contributed by atoms with Gasteiger partial charge in [-0.1, -0.05) is 6.92 Å². The van der Waals surface area contributed by atoms with E-state index in [0.717, 1.165) is 25.0 Å². The van der Waals surface area contributed by atoms with Crippen LogP contribution in [0.4, 0.5) is 30.6 Å². The summed E-state index contributed by atoms with van der Waals surface area (Å²) in [5.74, 6) is -1.92. The number of hydrogen-bond donors (Lipinski definition) is 2. The van der Waals surface area contributed by atoms with E-state index in [1.807, 2.05) is 13.8 Å². The van der Waals surface area contributed by atoms with Gasteiger partial charge in [0, 0.05) is 30.2 Å². The van der Waals surface area contributed by atoms with Gasteiger partial charge in [0.1, 0.15) is 17.3 Å². The van der Waals surface area contributed by atoms with E-state index in [9.17, 15) is 13.2 Å². The van der Waals surface area contributed by atoms with Crippen LogP contribution >= 0.6 is 0 Å². The molecular formula is C17H19F3N4. The van der Waals surface area contributed by atoms with Crippen LogP contribution in [-0.2, 0) is 0 Å². The zero-order valence-electron chi connectivity index (χ0n) is 13.5. The minimum absolute atomic E-state index is 0.173. The van der Waals surface area contributed by atoms with Crippen LogP contribution in [0, 0.1) is 17.5 Å². The number of aromatic nitrogens is 2. The Kier molecular flexibility index (Phi) is 4.59. The molecule has 0 unspecified atom stereocenters. The van der Waals surface area contributed by atoms with Crippen molar-refractivity contribution in [3.05, 3.63) is 41.3 Å². The van der Waals surface area contributed by atoms with Crippen LogP contribution in [-0.4, -0.2) is 16.0 Å².